The molecule has 0 N–H and O–H groups in total. The molecule has 3 unspecified atom stereocenters. The molecule has 3 aromatic carbocycles. The lowest BCUT2D eigenvalue weighted by atomic mass is 9.88. The Morgan fingerprint density at radius 1 is 0.836 bits per heavy atom. The van der Waals surface area contributed by atoms with E-state index in [1.807, 2.05) is 6.92 Å². The molecule has 6 heteroatoms. The monoisotopic (exact) mass is 771 g/mol. The van der Waals surface area contributed by atoms with Crippen LogP contribution in [0, 0.1) is 18.8 Å². The fourth-order valence-corrected chi connectivity index (χ4v) is 10.1. The molecule has 0 radical (unpaired) electrons. The first kappa shape index (κ1) is 41.7. The van der Waals surface area contributed by atoms with Crippen LogP contribution in [0.3, 0.4) is 0 Å². The van der Waals surface area contributed by atoms with E-state index in [4.69, 9.17) is 21.1 Å². The summed E-state index contributed by atoms with van der Waals surface area (Å²) in [6.07, 6.45) is 18.3. The molecule has 0 aromatic heterocycles. The third-order valence-corrected chi connectivity index (χ3v) is 13.4. The van der Waals surface area contributed by atoms with E-state index in [2.05, 4.69) is 67.4 Å². The molecule has 4 nitrogen and oxygen atoms in total. The van der Waals surface area contributed by atoms with Crippen molar-refractivity contribution in [2.24, 2.45) is 11.8 Å². The zero-order chi connectivity index (χ0) is 38.8. The molecule has 3 aliphatic rings. The Labute approximate surface area is 336 Å². The standard InChI is InChI=1S/C49H67ClFNO3/c1-5-54-48-32-39(46(50)31-40(48)34-52(4)33-37-21-24-41(53)25-22-37)16-9-15-38-23-26-45-43(38)18-10-19-44(45)42-17-11-20-47(35(42)2)55-30-8-6-7-13-36-14-12-28-49(3,51)29-27-36/h10-11,17-20,31-32,36-38H,5-9,12-16,21-30,33-34H2,1-4H3. The number of ketones is 1. The summed E-state index contributed by atoms with van der Waals surface area (Å²) in [4.78, 5) is 14.1. The molecule has 2 fully saturated rings. The van der Waals surface area contributed by atoms with Crippen LogP contribution in [0.15, 0.2) is 48.5 Å². The lowest BCUT2D eigenvalue weighted by molar-refractivity contribution is -0.121. The number of ether oxygens (including phenoxy) is 2. The van der Waals surface area contributed by atoms with Crippen molar-refractivity contribution in [2.75, 3.05) is 26.8 Å². The van der Waals surface area contributed by atoms with Crippen molar-refractivity contribution in [3.8, 4) is 22.6 Å². The van der Waals surface area contributed by atoms with Crippen molar-refractivity contribution in [1.29, 1.82) is 0 Å². The Morgan fingerprint density at radius 3 is 2.45 bits per heavy atom. The molecule has 0 aliphatic heterocycles. The molecule has 300 valence electrons. The molecule has 0 spiro atoms. The molecule has 0 saturated heterocycles. The fraction of sp³-hybridized carbons (Fsp3) is 0.612. The number of aryl methyl sites for hydroxylation is 1. The molecule has 3 atom stereocenters. The minimum atomic E-state index is -0.951. The molecule has 6 rings (SSSR count). The van der Waals surface area contributed by atoms with E-state index in [9.17, 15) is 9.18 Å². The molecular weight excluding hydrogens is 705 g/mol. The Balaban J connectivity index is 1.00. The van der Waals surface area contributed by atoms with Gasteiger partial charge in [0.15, 0.2) is 0 Å². The Hall–Kier alpha value is -2.89. The van der Waals surface area contributed by atoms with Crippen LogP contribution in [0.4, 0.5) is 4.39 Å². The maximum absolute atomic E-state index is 14.4. The van der Waals surface area contributed by atoms with Crippen LogP contribution in [0.25, 0.3) is 11.1 Å². The zero-order valence-electron chi connectivity index (χ0n) is 34.3. The number of nitrogens with zero attached hydrogens (tertiary/aromatic N) is 1. The summed E-state index contributed by atoms with van der Waals surface area (Å²) in [6.45, 7) is 9.20. The normalized spacial score (nSPS) is 21.8. The predicted molar refractivity (Wildman–Crippen MR) is 227 cm³/mol. The number of carbonyl (C=O) groups is 1. The van der Waals surface area contributed by atoms with E-state index in [1.165, 1.54) is 65.5 Å². The number of hydrogen-bond donors (Lipinski definition) is 0. The molecule has 55 heavy (non-hydrogen) atoms. The van der Waals surface area contributed by atoms with E-state index in [0.29, 0.717) is 30.1 Å². The number of Topliss-reactive ketones (excluding diaryl/α,β-unsaturated/α-hetero) is 1. The smallest absolute Gasteiger partial charge is 0.132 e. The Kier molecular flexibility index (Phi) is 15.2. The topological polar surface area (TPSA) is 38.8 Å². The van der Waals surface area contributed by atoms with Gasteiger partial charge in [-0.1, -0.05) is 74.0 Å². The van der Waals surface area contributed by atoms with Crippen molar-refractivity contribution in [3.63, 3.8) is 0 Å². The van der Waals surface area contributed by atoms with Gasteiger partial charge in [-0.3, -0.25) is 4.79 Å². The van der Waals surface area contributed by atoms with Gasteiger partial charge in [-0.05, 0) is 168 Å². The largest absolute Gasteiger partial charge is 0.494 e. The molecule has 0 heterocycles. The molecular formula is C49H67ClFNO3. The van der Waals surface area contributed by atoms with E-state index >= 15 is 0 Å². The van der Waals surface area contributed by atoms with Gasteiger partial charge in [-0.25, -0.2) is 4.39 Å². The maximum atomic E-state index is 14.4. The summed E-state index contributed by atoms with van der Waals surface area (Å²) in [5.41, 5.74) is 8.25. The van der Waals surface area contributed by atoms with Crippen molar-refractivity contribution in [2.45, 2.75) is 154 Å². The number of benzene rings is 3. The van der Waals surface area contributed by atoms with Crippen LogP contribution < -0.4 is 9.47 Å². The van der Waals surface area contributed by atoms with E-state index in [0.717, 1.165) is 125 Å². The third kappa shape index (κ3) is 11.6. The quantitative estimate of drug-likeness (QED) is 0.0953. The Morgan fingerprint density at radius 2 is 1.64 bits per heavy atom. The second-order valence-electron chi connectivity index (χ2n) is 17.5. The molecule has 3 aromatic rings. The van der Waals surface area contributed by atoms with Gasteiger partial charge in [0.2, 0.25) is 0 Å². The van der Waals surface area contributed by atoms with Gasteiger partial charge >= 0.3 is 0 Å². The van der Waals surface area contributed by atoms with E-state index in [-0.39, 0.29) is 0 Å². The van der Waals surface area contributed by atoms with Crippen LogP contribution in [-0.4, -0.2) is 43.2 Å². The highest BCUT2D eigenvalue weighted by Crippen LogP contribution is 2.43. The van der Waals surface area contributed by atoms with Gasteiger partial charge in [0.1, 0.15) is 23.0 Å². The molecule has 0 bridgehead atoms. The SMILES string of the molecule is CCOc1cc(CCCC2CCc3c(-c4cccc(OCCCCCC5CCCC(C)(F)CC5)c4C)cccc32)c(Cl)cc1CN(C)CC1CCC(=O)CC1. The van der Waals surface area contributed by atoms with Crippen molar-refractivity contribution in [3.05, 3.63) is 81.4 Å². The van der Waals surface area contributed by atoms with Crippen LogP contribution in [0.1, 0.15) is 150 Å². The summed E-state index contributed by atoms with van der Waals surface area (Å²) < 4.78 is 26.9. The lowest BCUT2D eigenvalue weighted by Crippen LogP contribution is -2.28. The number of fused-ring (bicyclic) bond motifs is 1. The summed E-state index contributed by atoms with van der Waals surface area (Å²) in [6, 6.07) is 17.8. The summed E-state index contributed by atoms with van der Waals surface area (Å²) >= 11 is 6.95. The number of rotatable bonds is 18. The number of carbonyl (C=O) groups excluding carboxylic acids is 1. The average Bonchev–Trinajstić information content (AvgIpc) is 3.49. The molecule has 0 amide bonds. The van der Waals surface area contributed by atoms with Crippen molar-refractivity contribution < 1.29 is 18.7 Å². The summed E-state index contributed by atoms with van der Waals surface area (Å²) in [7, 11) is 2.17. The number of unbranched alkanes of at least 4 members (excludes halogenated alkanes) is 2. The summed E-state index contributed by atoms with van der Waals surface area (Å²) in [5, 5.41) is 0.837. The molecule has 3 aliphatic carbocycles. The number of halogens is 2. The van der Waals surface area contributed by atoms with Gasteiger partial charge < -0.3 is 14.4 Å². The maximum Gasteiger partial charge on any atom is 0.132 e. The first-order valence-corrected chi connectivity index (χ1v) is 22.2. The second kappa shape index (κ2) is 20.0. The minimum Gasteiger partial charge on any atom is -0.494 e. The first-order chi connectivity index (χ1) is 26.6. The highest BCUT2D eigenvalue weighted by molar-refractivity contribution is 6.31. The van der Waals surface area contributed by atoms with Crippen LogP contribution in [0.2, 0.25) is 5.02 Å². The van der Waals surface area contributed by atoms with Crippen molar-refractivity contribution in [1.82, 2.24) is 4.90 Å². The average molecular weight is 773 g/mol. The van der Waals surface area contributed by atoms with Gasteiger partial charge in [-0.15, -0.1) is 0 Å². The number of hydrogen-bond acceptors (Lipinski definition) is 4. The predicted octanol–water partition coefficient (Wildman–Crippen LogP) is 13.2. The van der Waals surface area contributed by atoms with Crippen molar-refractivity contribution >= 4 is 17.4 Å². The minimum absolute atomic E-state index is 0.414. The lowest BCUT2D eigenvalue weighted by Gasteiger charge is -2.27. The molecule has 2 saturated carbocycles. The highest BCUT2D eigenvalue weighted by atomic mass is 35.5. The fourth-order valence-electron chi connectivity index (χ4n) is 9.83. The second-order valence-corrected chi connectivity index (χ2v) is 17.9. The van der Waals surface area contributed by atoms with Gasteiger partial charge in [0.05, 0.1) is 13.2 Å². The third-order valence-electron chi connectivity index (χ3n) is 13.1. The van der Waals surface area contributed by atoms with Crippen LogP contribution in [-0.2, 0) is 24.2 Å². The zero-order valence-corrected chi connectivity index (χ0v) is 35.1. The van der Waals surface area contributed by atoms with E-state index < -0.39 is 5.67 Å². The first-order valence-electron chi connectivity index (χ1n) is 21.8. The van der Waals surface area contributed by atoms with Gasteiger partial charge in [-0.2, -0.15) is 0 Å². The van der Waals surface area contributed by atoms with Crippen LogP contribution >= 0.6 is 11.6 Å². The number of alkyl halides is 1. The van der Waals surface area contributed by atoms with E-state index in [1.54, 1.807) is 6.92 Å². The van der Waals surface area contributed by atoms with Crippen LogP contribution in [0.5, 0.6) is 11.5 Å². The van der Waals surface area contributed by atoms with Gasteiger partial charge in [0.25, 0.3) is 0 Å². The summed E-state index contributed by atoms with van der Waals surface area (Å²) in [5.74, 6) is 4.19. The Bertz CT molecular complexity index is 1710. The highest BCUT2D eigenvalue weighted by Gasteiger charge is 2.28. The van der Waals surface area contributed by atoms with Gasteiger partial charge in [0, 0.05) is 36.5 Å².